The van der Waals surface area contributed by atoms with Gasteiger partial charge in [0, 0.05) is 5.02 Å². The van der Waals surface area contributed by atoms with Crippen molar-refractivity contribution in [3.63, 3.8) is 0 Å². The molecule has 2 saturated carbocycles. The first kappa shape index (κ1) is 28.1. The molecule has 0 aromatic heterocycles. The highest BCUT2D eigenvalue weighted by atomic mass is 35.5. The van der Waals surface area contributed by atoms with Gasteiger partial charge in [0.1, 0.15) is 0 Å². The summed E-state index contributed by atoms with van der Waals surface area (Å²) in [6.07, 6.45) is -1.99. The average Bonchev–Trinajstić information content (AvgIpc) is 3.68. The van der Waals surface area contributed by atoms with Crippen molar-refractivity contribution in [2.45, 2.75) is 56.9 Å². The van der Waals surface area contributed by atoms with Gasteiger partial charge in [-0.3, -0.25) is 4.79 Å². The number of nitrogens with one attached hydrogen (secondary N) is 1. The highest BCUT2D eigenvalue weighted by molar-refractivity contribution is 6.33. The molecule has 0 heterocycles. The zero-order valence-corrected chi connectivity index (χ0v) is 20.8. The Morgan fingerprint density at radius 2 is 1.56 bits per heavy atom. The maximum absolute atomic E-state index is 13.6. The zero-order chi connectivity index (χ0) is 26.6. The number of carbonyl (C=O) groups excluding carboxylic acids is 1. The Morgan fingerprint density at radius 1 is 1.00 bits per heavy atom. The summed E-state index contributed by atoms with van der Waals surface area (Å²) in [5.74, 6) is -3.70. The van der Waals surface area contributed by atoms with Crippen LogP contribution in [-0.2, 0) is 9.53 Å². The lowest BCUT2D eigenvalue weighted by atomic mass is 9.86. The molecule has 2 aliphatic carbocycles. The number of carboxylic acid groups (broad SMARTS) is 2. The van der Waals surface area contributed by atoms with Gasteiger partial charge in [0.2, 0.25) is 5.91 Å². The highest BCUT2D eigenvalue weighted by Crippen LogP contribution is 2.47. The largest absolute Gasteiger partial charge is 0.503 e. The number of anilines is 1. The van der Waals surface area contributed by atoms with Gasteiger partial charge in [-0.2, -0.15) is 13.2 Å². The normalized spacial score (nSPS) is 17.8. The Labute approximate surface area is 216 Å². The van der Waals surface area contributed by atoms with E-state index in [0.29, 0.717) is 10.9 Å². The van der Waals surface area contributed by atoms with E-state index in [1.165, 1.54) is 24.3 Å². The second-order valence-corrected chi connectivity index (χ2v) is 9.81. The number of halogens is 5. The van der Waals surface area contributed by atoms with Crippen LogP contribution in [0, 0.1) is 11.8 Å². The topological polar surface area (TPSA) is 95.9 Å². The third kappa shape index (κ3) is 8.01. The fourth-order valence-corrected chi connectivity index (χ4v) is 4.12. The first-order valence-corrected chi connectivity index (χ1v) is 12.1. The van der Waals surface area contributed by atoms with Gasteiger partial charge in [0.25, 0.3) is 0 Å². The molecule has 6 nitrogen and oxygen atoms in total. The van der Waals surface area contributed by atoms with Crippen LogP contribution in [0.1, 0.15) is 55.8 Å². The van der Waals surface area contributed by atoms with Crippen LogP contribution in [0.5, 0.6) is 0 Å². The van der Waals surface area contributed by atoms with Crippen molar-refractivity contribution in [3.05, 3.63) is 63.6 Å². The van der Waals surface area contributed by atoms with Crippen molar-refractivity contribution in [3.8, 4) is 0 Å². The van der Waals surface area contributed by atoms with E-state index in [1.54, 1.807) is 12.1 Å². The summed E-state index contributed by atoms with van der Waals surface area (Å²) < 4.78 is 46.9. The Bertz CT molecular complexity index is 1070. The first-order valence-electron chi connectivity index (χ1n) is 11.4. The molecule has 3 N–H and O–H groups in total. The third-order valence-corrected chi connectivity index (χ3v) is 6.60. The van der Waals surface area contributed by atoms with Crippen molar-refractivity contribution >= 4 is 41.0 Å². The maximum atomic E-state index is 13.6. The molecule has 0 saturated heterocycles. The molecule has 0 spiro atoms. The molecule has 2 aromatic carbocycles. The molecule has 0 radical (unpaired) electrons. The van der Waals surface area contributed by atoms with Crippen molar-refractivity contribution in [1.29, 1.82) is 0 Å². The van der Waals surface area contributed by atoms with Gasteiger partial charge in [-0.15, -0.1) is 0 Å². The highest BCUT2D eigenvalue weighted by Gasteiger charge is 2.45. The number of rotatable bonds is 8. The van der Waals surface area contributed by atoms with Crippen molar-refractivity contribution < 1.29 is 37.7 Å². The molecule has 0 aliphatic heterocycles. The molecule has 2 aromatic rings. The van der Waals surface area contributed by atoms with Crippen molar-refractivity contribution in [2.24, 2.45) is 11.8 Å². The third-order valence-electron chi connectivity index (χ3n) is 6.02. The first-order chi connectivity index (χ1) is 16.9. The van der Waals surface area contributed by atoms with E-state index in [2.05, 4.69) is 5.32 Å². The summed E-state index contributed by atoms with van der Waals surface area (Å²) in [6.45, 7) is 1.00. The van der Waals surface area contributed by atoms with Gasteiger partial charge in [-0.05, 0) is 67.0 Å². The number of alkyl halides is 3. The summed E-state index contributed by atoms with van der Waals surface area (Å²) in [6, 6.07) is 11.1. The lowest BCUT2D eigenvalue weighted by molar-refractivity contribution is -0.178. The van der Waals surface area contributed by atoms with E-state index >= 15 is 0 Å². The molecule has 11 heteroatoms. The van der Waals surface area contributed by atoms with Gasteiger partial charge in [0.15, 0.2) is 0 Å². The van der Waals surface area contributed by atoms with Crippen LogP contribution in [0.25, 0.3) is 0 Å². The molecule has 196 valence electrons. The summed E-state index contributed by atoms with van der Waals surface area (Å²) >= 11 is 12.2. The predicted molar refractivity (Wildman–Crippen MR) is 130 cm³/mol. The molecule has 2 aliphatic rings. The van der Waals surface area contributed by atoms with Crippen LogP contribution in [0.4, 0.5) is 23.7 Å². The quantitative estimate of drug-likeness (QED) is 0.313. The Kier molecular flexibility index (Phi) is 9.13. The number of benzene rings is 2. The molecular formula is C25H26Cl2F3NO5. The number of hydrogen-bond donors (Lipinski definition) is 3. The SMILES string of the molecule is C[C@H]([C@H](C(=O)Nc1cc(C(OC2CC2)C2CC2)ccc1Cl)c1ccc(Cl)cc1)C(F)(F)F.O=C(O)O. The van der Waals surface area contributed by atoms with Crippen LogP contribution >= 0.6 is 23.2 Å². The van der Waals surface area contributed by atoms with Crippen molar-refractivity contribution in [1.82, 2.24) is 0 Å². The van der Waals surface area contributed by atoms with E-state index in [-0.39, 0.29) is 28.5 Å². The number of ether oxygens (including phenoxy) is 1. The summed E-state index contributed by atoms with van der Waals surface area (Å²) in [7, 11) is 0. The van der Waals surface area contributed by atoms with Gasteiger partial charge >= 0.3 is 12.3 Å². The van der Waals surface area contributed by atoms with Crippen LogP contribution in [0.2, 0.25) is 10.0 Å². The lowest BCUT2D eigenvalue weighted by Crippen LogP contribution is -2.34. The van der Waals surface area contributed by atoms with Crippen LogP contribution in [0.15, 0.2) is 42.5 Å². The Hall–Kier alpha value is -2.49. The van der Waals surface area contributed by atoms with E-state index in [9.17, 15) is 18.0 Å². The van der Waals surface area contributed by atoms with Crippen LogP contribution in [0.3, 0.4) is 0 Å². The summed E-state index contributed by atoms with van der Waals surface area (Å²) in [5.41, 5.74) is 1.40. The van der Waals surface area contributed by atoms with Gasteiger partial charge < -0.3 is 20.3 Å². The number of amides is 1. The minimum absolute atomic E-state index is 0.0865. The Morgan fingerprint density at radius 3 is 2.06 bits per heavy atom. The molecule has 4 rings (SSSR count). The monoisotopic (exact) mass is 547 g/mol. The Balaban J connectivity index is 0.000000840. The van der Waals surface area contributed by atoms with E-state index in [1.807, 2.05) is 6.07 Å². The molecule has 1 amide bonds. The maximum Gasteiger partial charge on any atom is 0.503 e. The van der Waals surface area contributed by atoms with Gasteiger partial charge in [-0.25, -0.2) is 4.79 Å². The molecule has 0 bridgehead atoms. The predicted octanol–water partition coefficient (Wildman–Crippen LogP) is 7.77. The van der Waals surface area contributed by atoms with Crippen molar-refractivity contribution in [2.75, 3.05) is 5.32 Å². The minimum atomic E-state index is -4.55. The molecule has 3 atom stereocenters. The van der Waals surface area contributed by atoms with Crippen LogP contribution < -0.4 is 5.32 Å². The molecule has 36 heavy (non-hydrogen) atoms. The fraction of sp³-hybridized carbons (Fsp3) is 0.440. The average molecular weight is 548 g/mol. The minimum Gasteiger partial charge on any atom is -0.450 e. The standard InChI is InChI=1S/C24H24Cl2F3NO2.CH2O3/c1-13(24(27,28)29)21(14-4-7-17(25)8-5-14)23(31)30-20-12-16(6-11-19(20)26)22(15-2-3-15)32-18-9-10-18;2-1(3)4/h4-8,11-13,15,18,21-22H,2-3,9-10H2,1H3,(H,30,31);(H2,2,3,4)/t13-,21+,22?;/m1./s1. The zero-order valence-electron chi connectivity index (χ0n) is 19.3. The number of hydrogen-bond acceptors (Lipinski definition) is 3. The van der Waals surface area contributed by atoms with Crippen LogP contribution in [-0.4, -0.2) is 34.6 Å². The van der Waals surface area contributed by atoms with Gasteiger partial charge in [0.05, 0.1) is 34.8 Å². The summed E-state index contributed by atoms with van der Waals surface area (Å²) in [4.78, 5) is 21.7. The molecule has 1 unspecified atom stereocenters. The molecule has 2 fully saturated rings. The second kappa shape index (κ2) is 11.7. The number of carbonyl (C=O) groups is 2. The summed E-state index contributed by atoms with van der Waals surface area (Å²) in [5, 5.41) is 17.2. The molecular weight excluding hydrogens is 522 g/mol. The van der Waals surface area contributed by atoms with Gasteiger partial charge in [-0.1, -0.05) is 48.3 Å². The fourth-order valence-electron chi connectivity index (χ4n) is 3.82. The second-order valence-electron chi connectivity index (χ2n) is 8.96. The lowest BCUT2D eigenvalue weighted by Gasteiger charge is -2.26. The van der Waals surface area contributed by atoms with E-state index in [0.717, 1.165) is 38.2 Å². The van der Waals surface area contributed by atoms with E-state index in [4.69, 9.17) is 42.9 Å². The van der Waals surface area contributed by atoms with E-state index < -0.39 is 30.1 Å². The smallest absolute Gasteiger partial charge is 0.450 e.